The second-order valence-corrected chi connectivity index (χ2v) is 8.79. The highest BCUT2D eigenvalue weighted by molar-refractivity contribution is 6.06. The normalized spacial score (nSPS) is 14.7. The fourth-order valence-corrected chi connectivity index (χ4v) is 4.08. The summed E-state index contributed by atoms with van der Waals surface area (Å²) < 4.78 is 1.19. The van der Waals surface area contributed by atoms with E-state index in [0.29, 0.717) is 0 Å². The number of hydrogen-bond donors (Lipinski definition) is 2. The molecule has 35 heavy (non-hydrogen) atoms. The first-order chi connectivity index (χ1) is 16.7. The van der Waals surface area contributed by atoms with Crippen LogP contribution in [0.2, 0.25) is 0 Å². The van der Waals surface area contributed by atoms with Crippen molar-refractivity contribution >= 4 is 23.6 Å². The maximum Gasteiger partial charge on any atom is 0.284 e. The number of nitrogens with two attached hydrogens (primary N) is 2. The van der Waals surface area contributed by atoms with Crippen LogP contribution in [0.1, 0.15) is 35.2 Å². The van der Waals surface area contributed by atoms with Crippen molar-refractivity contribution in [1.82, 2.24) is 19.4 Å². The highest BCUT2D eigenvalue weighted by atomic mass is 16.2. The van der Waals surface area contributed by atoms with Crippen LogP contribution in [0.3, 0.4) is 0 Å². The summed E-state index contributed by atoms with van der Waals surface area (Å²) in [5.74, 6) is -0.596. The van der Waals surface area contributed by atoms with E-state index < -0.39 is 16.9 Å². The van der Waals surface area contributed by atoms with Gasteiger partial charge in [0.25, 0.3) is 11.5 Å². The number of nitrogens with zero attached hydrogens (tertiary/aromatic N) is 5. The largest absolute Gasteiger partial charge is 0.386 e. The second kappa shape index (κ2) is 9.49. The molecule has 1 saturated carbocycles. The van der Waals surface area contributed by atoms with Crippen LogP contribution in [0.5, 0.6) is 0 Å². The van der Waals surface area contributed by atoms with Crippen molar-refractivity contribution < 1.29 is 9.59 Å². The lowest BCUT2D eigenvalue weighted by atomic mass is 9.63. The Bertz CT molecular complexity index is 1340. The number of aliphatic imine (C=N–C) groups is 1. The molecule has 0 atom stereocenters. The first kappa shape index (κ1) is 23.8. The molecule has 0 radical (unpaired) electrons. The van der Waals surface area contributed by atoms with E-state index in [4.69, 9.17) is 11.5 Å². The zero-order valence-corrected chi connectivity index (χ0v) is 19.6. The van der Waals surface area contributed by atoms with Gasteiger partial charge in [0.2, 0.25) is 11.9 Å². The highest BCUT2D eigenvalue weighted by Crippen LogP contribution is 2.44. The Kier molecular flexibility index (Phi) is 6.46. The van der Waals surface area contributed by atoms with Crippen LogP contribution in [-0.4, -0.2) is 51.2 Å². The van der Waals surface area contributed by atoms with Crippen molar-refractivity contribution in [1.29, 1.82) is 0 Å². The SMILES string of the molecule is CN(C)C(=O)Cn1cccc(C(=O)N=C(N)C2(c3ccc(-c4cnc(N)nc4)cc3)CCC2)c1=O. The van der Waals surface area contributed by atoms with Gasteiger partial charge in [0, 0.05) is 38.2 Å². The predicted molar refractivity (Wildman–Crippen MR) is 133 cm³/mol. The third kappa shape index (κ3) is 4.68. The molecule has 2 heterocycles. The molecule has 0 unspecified atom stereocenters. The van der Waals surface area contributed by atoms with Gasteiger partial charge in [0.1, 0.15) is 17.9 Å². The van der Waals surface area contributed by atoms with Gasteiger partial charge in [-0.05, 0) is 36.1 Å². The molecule has 3 aromatic rings. The van der Waals surface area contributed by atoms with Crippen molar-refractivity contribution in [3.8, 4) is 11.1 Å². The number of hydrogen-bond acceptors (Lipinski definition) is 6. The van der Waals surface area contributed by atoms with E-state index in [9.17, 15) is 14.4 Å². The minimum absolute atomic E-state index is 0.129. The number of anilines is 1. The number of amides is 2. The molecular weight excluding hydrogens is 446 g/mol. The number of pyridine rings is 1. The number of rotatable bonds is 6. The van der Waals surface area contributed by atoms with E-state index >= 15 is 0 Å². The molecule has 4 N–H and O–H groups in total. The molecular formula is C25H27N7O3. The summed E-state index contributed by atoms with van der Waals surface area (Å²) in [5.41, 5.74) is 13.4. The molecule has 1 fully saturated rings. The molecule has 1 aliphatic rings. The average molecular weight is 474 g/mol. The number of amidine groups is 1. The van der Waals surface area contributed by atoms with Crippen LogP contribution in [0, 0.1) is 0 Å². The van der Waals surface area contributed by atoms with Gasteiger partial charge in [-0.25, -0.2) is 9.97 Å². The highest BCUT2D eigenvalue weighted by Gasteiger charge is 2.43. The first-order valence-corrected chi connectivity index (χ1v) is 11.2. The maximum atomic E-state index is 12.9. The fourth-order valence-electron chi connectivity index (χ4n) is 4.08. The summed E-state index contributed by atoms with van der Waals surface area (Å²) in [6, 6.07) is 10.7. The molecule has 10 heteroatoms. The van der Waals surface area contributed by atoms with Gasteiger partial charge in [-0.3, -0.25) is 14.4 Å². The molecule has 2 amide bonds. The van der Waals surface area contributed by atoms with Crippen LogP contribution in [-0.2, 0) is 16.8 Å². The number of carbonyl (C=O) groups is 2. The third-order valence-corrected chi connectivity index (χ3v) is 6.42. The number of likely N-dealkylation sites (N-methyl/N-ethyl adjacent to an activating group) is 1. The van der Waals surface area contributed by atoms with E-state index in [1.54, 1.807) is 32.6 Å². The van der Waals surface area contributed by atoms with Crippen molar-refractivity contribution in [2.45, 2.75) is 31.2 Å². The van der Waals surface area contributed by atoms with Crippen LogP contribution in [0.15, 0.2) is 64.8 Å². The number of aromatic nitrogens is 3. The molecule has 180 valence electrons. The monoisotopic (exact) mass is 473 g/mol. The smallest absolute Gasteiger partial charge is 0.284 e. The van der Waals surface area contributed by atoms with Crippen molar-refractivity contribution in [3.05, 3.63) is 76.5 Å². The summed E-state index contributed by atoms with van der Waals surface area (Å²) in [6.07, 6.45) is 7.22. The van der Waals surface area contributed by atoms with Crippen LogP contribution in [0.4, 0.5) is 5.95 Å². The Morgan fingerprint density at radius 1 is 1.09 bits per heavy atom. The minimum Gasteiger partial charge on any atom is -0.386 e. The summed E-state index contributed by atoms with van der Waals surface area (Å²) >= 11 is 0. The van der Waals surface area contributed by atoms with Gasteiger partial charge in [-0.2, -0.15) is 4.99 Å². The Hall–Kier alpha value is -4.34. The standard InChI is InChI=1S/C25H27N7O3/c1-31(2)20(33)15-32-12-3-5-19(22(32)35)21(34)30-23(26)25(10-4-11-25)18-8-6-16(7-9-18)17-13-28-24(27)29-14-17/h3,5-9,12-14H,4,10-11,15H2,1-2H3,(H2,26,30,34)(H2,27,28,29). The van der Waals surface area contributed by atoms with Gasteiger partial charge < -0.3 is 20.9 Å². The Balaban J connectivity index is 1.60. The van der Waals surface area contributed by atoms with Crippen LogP contribution < -0.4 is 17.0 Å². The van der Waals surface area contributed by atoms with E-state index in [1.165, 1.54) is 21.7 Å². The number of carbonyl (C=O) groups excluding carboxylic acids is 2. The molecule has 2 aromatic heterocycles. The van der Waals surface area contributed by atoms with Gasteiger partial charge >= 0.3 is 0 Å². The van der Waals surface area contributed by atoms with Crippen molar-refractivity contribution in [3.63, 3.8) is 0 Å². The molecule has 10 nitrogen and oxygen atoms in total. The van der Waals surface area contributed by atoms with Gasteiger partial charge in [-0.1, -0.05) is 30.7 Å². The van der Waals surface area contributed by atoms with E-state index in [1.807, 2.05) is 24.3 Å². The molecule has 1 aliphatic carbocycles. The topological polar surface area (TPSA) is 150 Å². The van der Waals surface area contributed by atoms with Gasteiger partial charge in [0.15, 0.2) is 0 Å². The quantitative estimate of drug-likeness (QED) is 0.408. The first-order valence-electron chi connectivity index (χ1n) is 11.2. The second-order valence-electron chi connectivity index (χ2n) is 8.79. The number of nitrogen functional groups attached to an aromatic ring is 1. The minimum atomic E-state index is -0.721. The average Bonchev–Trinajstić information content (AvgIpc) is 2.80. The molecule has 4 rings (SSSR count). The Morgan fingerprint density at radius 2 is 1.74 bits per heavy atom. The Labute approximate surface area is 202 Å². The van der Waals surface area contributed by atoms with Crippen molar-refractivity contribution in [2.24, 2.45) is 10.7 Å². The zero-order chi connectivity index (χ0) is 25.2. The summed E-state index contributed by atoms with van der Waals surface area (Å²) in [6.45, 7) is -0.165. The van der Waals surface area contributed by atoms with Crippen LogP contribution in [0.25, 0.3) is 11.1 Å². The summed E-state index contributed by atoms with van der Waals surface area (Å²) in [4.78, 5) is 51.3. The maximum absolute atomic E-state index is 12.9. The van der Waals surface area contributed by atoms with Crippen LogP contribution >= 0.6 is 0 Å². The lowest BCUT2D eigenvalue weighted by Crippen LogP contribution is -2.47. The summed E-state index contributed by atoms with van der Waals surface area (Å²) in [5, 5.41) is 0. The molecule has 0 bridgehead atoms. The van der Waals surface area contributed by atoms with E-state index in [-0.39, 0.29) is 29.8 Å². The third-order valence-electron chi connectivity index (χ3n) is 6.42. The van der Waals surface area contributed by atoms with E-state index in [0.717, 1.165) is 36.0 Å². The molecule has 0 aliphatic heterocycles. The summed E-state index contributed by atoms with van der Waals surface area (Å²) in [7, 11) is 3.20. The number of benzene rings is 1. The molecule has 0 saturated heterocycles. The zero-order valence-electron chi connectivity index (χ0n) is 19.6. The van der Waals surface area contributed by atoms with Gasteiger partial charge in [0.05, 0.1) is 5.41 Å². The van der Waals surface area contributed by atoms with Gasteiger partial charge in [-0.15, -0.1) is 0 Å². The lowest BCUT2D eigenvalue weighted by Gasteiger charge is -2.41. The lowest BCUT2D eigenvalue weighted by molar-refractivity contribution is -0.129. The van der Waals surface area contributed by atoms with Crippen molar-refractivity contribution in [2.75, 3.05) is 19.8 Å². The Morgan fingerprint density at radius 3 is 2.31 bits per heavy atom. The fraction of sp³-hybridized carbons (Fsp3) is 0.280. The molecule has 1 aromatic carbocycles. The predicted octanol–water partition coefficient (Wildman–Crippen LogP) is 1.59. The van der Waals surface area contributed by atoms with E-state index in [2.05, 4.69) is 15.0 Å². The molecule has 0 spiro atoms.